The summed E-state index contributed by atoms with van der Waals surface area (Å²) in [5.74, 6) is 0. The fourth-order valence-electron chi connectivity index (χ4n) is 6.20. The Bertz CT molecular complexity index is 2480. The number of hydrogen-bond acceptors (Lipinski definition) is 5. The molecule has 0 aliphatic rings. The van der Waals surface area contributed by atoms with E-state index in [1.165, 1.54) is 16.5 Å². The summed E-state index contributed by atoms with van der Waals surface area (Å²) in [6.07, 6.45) is 5.52. The van der Waals surface area contributed by atoms with Crippen LogP contribution in [0.4, 0.5) is 17.1 Å². The molecule has 5 nitrogen and oxygen atoms in total. The standard InChI is InChI=1S/C38H23N3O2/c1-2-8-24(9-3-1)25-15-16-27-21-28(18-17-26(27)20-25)41(32-12-6-14-35-36(32)30-11-7-19-40-38(30)43-35)33-23-39-22-31-29-10-4-5-13-34(29)42-37(31)33/h1-23H. The van der Waals surface area contributed by atoms with Gasteiger partial charge in [-0.05, 0) is 70.4 Å². The molecular weight excluding hydrogens is 530 g/mol. The Labute approximate surface area is 246 Å². The van der Waals surface area contributed by atoms with Crippen LogP contribution in [0.5, 0.6) is 0 Å². The molecule has 202 valence electrons. The number of aromatic nitrogens is 2. The van der Waals surface area contributed by atoms with Crippen molar-refractivity contribution in [2.24, 2.45) is 0 Å². The highest BCUT2D eigenvalue weighted by Gasteiger charge is 2.24. The average molecular weight is 554 g/mol. The average Bonchev–Trinajstić information content (AvgIpc) is 3.64. The first-order chi connectivity index (χ1) is 21.3. The molecule has 43 heavy (non-hydrogen) atoms. The van der Waals surface area contributed by atoms with Gasteiger partial charge in [0.2, 0.25) is 5.71 Å². The molecule has 0 aliphatic heterocycles. The third-order valence-corrected chi connectivity index (χ3v) is 8.19. The minimum Gasteiger partial charge on any atom is -0.454 e. The van der Waals surface area contributed by atoms with E-state index < -0.39 is 0 Å². The third-order valence-electron chi connectivity index (χ3n) is 8.19. The lowest BCUT2D eigenvalue weighted by Gasteiger charge is -2.26. The highest BCUT2D eigenvalue weighted by atomic mass is 16.3. The fraction of sp³-hybridized carbons (Fsp3) is 0. The third kappa shape index (κ3) is 3.72. The zero-order valence-electron chi connectivity index (χ0n) is 22.9. The molecule has 0 saturated heterocycles. The molecular formula is C38H23N3O2. The van der Waals surface area contributed by atoms with Crippen molar-refractivity contribution in [3.8, 4) is 11.1 Å². The number of anilines is 3. The second-order valence-corrected chi connectivity index (χ2v) is 10.7. The van der Waals surface area contributed by atoms with Crippen molar-refractivity contribution in [1.82, 2.24) is 9.97 Å². The van der Waals surface area contributed by atoms with Crippen LogP contribution in [0.25, 0.3) is 65.9 Å². The molecule has 0 spiro atoms. The first-order valence-corrected chi connectivity index (χ1v) is 14.2. The van der Waals surface area contributed by atoms with Crippen LogP contribution in [0.15, 0.2) is 149 Å². The lowest BCUT2D eigenvalue weighted by atomic mass is 10.0. The van der Waals surface area contributed by atoms with Gasteiger partial charge in [-0.3, -0.25) is 4.98 Å². The van der Waals surface area contributed by atoms with Crippen molar-refractivity contribution >= 4 is 71.8 Å². The molecule has 4 heterocycles. The molecule has 0 radical (unpaired) electrons. The van der Waals surface area contributed by atoms with Crippen molar-refractivity contribution in [1.29, 1.82) is 0 Å². The lowest BCUT2D eigenvalue weighted by molar-refractivity contribution is 0.654. The molecule has 5 aromatic carbocycles. The zero-order chi connectivity index (χ0) is 28.3. The molecule has 0 N–H and O–H groups in total. The Kier molecular flexibility index (Phi) is 5.13. The van der Waals surface area contributed by atoms with Gasteiger partial charge in [0.1, 0.15) is 16.9 Å². The van der Waals surface area contributed by atoms with Crippen LogP contribution in [-0.2, 0) is 0 Å². The normalized spacial score (nSPS) is 11.7. The molecule has 0 fully saturated rings. The Morgan fingerprint density at radius 2 is 1.35 bits per heavy atom. The Balaban J connectivity index is 1.32. The summed E-state index contributed by atoms with van der Waals surface area (Å²) in [4.78, 5) is 11.4. The summed E-state index contributed by atoms with van der Waals surface area (Å²) in [5, 5.41) is 6.25. The van der Waals surface area contributed by atoms with Gasteiger partial charge in [-0.15, -0.1) is 0 Å². The predicted octanol–water partition coefficient (Wildman–Crippen LogP) is 10.6. The van der Waals surface area contributed by atoms with Crippen LogP contribution in [0.2, 0.25) is 0 Å². The van der Waals surface area contributed by atoms with E-state index >= 15 is 0 Å². The van der Waals surface area contributed by atoms with Crippen LogP contribution < -0.4 is 4.90 Å². The highest BCUT2D eigenvalue weighted by molar-refractivity contribution is 6.15. The molecule has 4 aromatic heterocycles. The molecule has 0 saturated carbocycles. The number of rotatable bonds is 4. The van der Waals surface area contributed by atoms with Gasteiger partial charge in [0, 0.05) is 28.9 Å². The van der Waals surface area contributed by atoms with E-state index in [9.17, 15) is 0 Å². The van der Waals surface area contributed by atoms with E-state index in [1.807, 2.05) is 54.9 Å². The molecule has 0 unspecified atom stereocenters. The van der Waals surface area contributed by atoms with E-state index in [4.69, 9.17) is 13.8 Å². The van der Waals surface area contributed by atoms with Gasteiger partial charge in [0.25, 0.3) is 0 Å². The molecule has 0 bridgehead atoms. The summed E-state index contributed by atoms with van der Waals surface area (Å²) in [5.41, 5.74) is 8.17. The summed E-state index contributed by atoms with van der Waals surface area (Å²) in [6, 6.07) is 41.9. The highest BCUT2D eigenvalue weighted by Crippen LogP contribution is 2.46. The summed E-state index contributed by atoms with van der Waals surface area (Å²) < 4.78 is 12.7. The fourth-order valence-corrected chi connectivity index (χ4v) is 6.20. The first kappa shape index (κ1) is 23.7. The minimum atomic E-state index is 0.608. The molecule has 0 aliphatic carbocycles. The van der Waals surface area contributed by atoms with Gasteiger partial charge >= 0.3 is 0 Å². The van der Waals surface area contributed by atoms with Gasteiger partial charge in [0.15, 0.2) is 5.58 Å². The van der Waals surface area contributed by atoms with Crippen molar-refractivity contribution < 1.29 is 8.83 Å². The van der Waals surface area contributed by atoms with Gasteiger partial charge in [-0.1, -0.05) is 72.8 Å². The predicted molar refractivity (Wildman–Crippen MR) is 174 cm³/mol. The number of fused-ring (bicyclic) bond motifs is 7. The van der Waals surface area contributed by atoms with Crippen LogP contribution in [0, 0.1) is 0 Å². The Morgan fingerprint density at radius 3 is 2.30 bits per heavy atom. The maximum absolute atomic E-state index is 6.52. The van der Waals surface area contributed by atoms with Gasteiger partial charge in [-0.25, -0.2) is 4.98 Å². The Hall–Kier alpha value is -5.94. The van der Waals surface area contributed by atoms with E-state index in [2.05, 4.69) is 88.7 Å². The summed E-state index contributed by atoms with van der Waals surface area (Å²) >= 11 is 0. The number of furan rings is 2. The van der Waals surface area contributed by atoms with E-state index in [-0.39, 0.29) is 0 Å². The second kappa shape index (κ2) is 9.29. The second-order valence-electron chi connectivity index (χ2n) is 10.7. The van der Waals surface area contributed by atoms with Crippen LogP contribution in [0.1, 0.15) is 0 Å². The number of para-hydroxylation sites is 1. The zero-order valence-corrected chi connectivity index (χ0v) is 22.9. The van der Waals surface area contributed by atoms with E-state index in [0.717, 1.165) is 60.7 Å². The number of pyridine rings is 2. The largest absolute Gasteiger partial charge is 0.454 e. The molecule has 0 amide bonds. The maximum Gasteiger partial charge on any atom is 0.227 e. The van der Waals surface area contributed by atoms with Gasteiger partial charge in [0.05, 0.1) is 22.7 Å². The van der Waals surface area contributed by atoms with Gasteiger partial charge < -0.3 is 13.7 Å². The smallest absolute Gasteiger partial charge is 0.227 e. The van der Waals surface area contributed by atoms with Crippen LogP contribution >= 0.6 is 0 Å². The molecule has 0 atom stereocenters. The molecule has 9 rings (SSSR count). The number of hydrogen-bond donors (Lipinski definition) is 0. The summed E-state index contributed by atoms with van der Waals surface area (Å²) in [6.45, 7) is 0. The monoisotopic (exact) mass is 553 g/mol. The van der Waals surface area contributed by atoms with Crippen molar-refractivity contribution in [3.05, 3.63) is 140 Å². The van der Waals surface area contributed by atoms with E-state index in [0.29, 0.717) is 5.71 Å². The molecule has 9 aromatic rings. The minimum absolute atomic E-state index is 0.608. The van der Waals surface area contributed by atoms with Crippen molar-refractivity contribution in [2.45, 2.75) is 0 Å². The lowest BCUT2D eigenvalue weighted by Crippen LogP contribution is -2.11. The Morgan fingerprint density at radius 1 is 0.535 bits per heavy atom. The SMILES string of the molecule is c1ccc(-c2ccc3cc(N(c4cncc5c4oc4ccccc45)c4cccc5oc6ncccc6c45)ccc3c2)cc1. The molecule has 5 heteroatoms. The number of nitrogens with zero attached hydrogens (tertiary/aromatic N) is 3. The first-order valence-electron chi connectivity index (χ1n) is 14.2. The van der Waals surface area contributed by atoms with E-state index in [1.54, 1.807) is 6.20 Å². The topological polar surface area (TPSA) is 55.3 Å². The van der Waals surface area contributed by atoms with Crippen molar-refractivity contribution in [3.63, 3.8) is 0 Å². The summed E-state index contributed by atoms with van der Waals surface area (Å²) in [7, 11) is 0. The quantitative estimate of drug-likeness (QED) is 0.217. The van der Waals surface area contributed by atoms with Crippen LogP contribution in [-0.4, -0.2) is 9.97 Å². The number of benzene rings is 5. The maximum atomic E-state index is 6.52. The van der Waals surface area contributed by atoms with Gasteiger partial charge in [-0.2, -0.15) is 0 Å². The van der Waals surface area contributed by atoms with Crippen molar-refractivity contribution in [2.75, 3.05) is 4.90 Å². The van der Waals surface area contributed by atoms with Crippen LogP contribution in [0.3, 0.4) is 0 Å².